The minimum atomic E-state index is -3.96. The largest absolute Gasteiger partial charge is 0.448 e. The molecule has 10 heteroatoms. The van der Waals surface area contributed by atoms with E-state index in [0.717, 1.165) is 7.05 Å². The van der Waals surface area contributed by atoms with Crippen LogP contribution in [-0.4, -0.2) is 46.9 Å². The monoisotopic (exact) mass is 295 g/mol. The highest BCUT2D eigenvalue weighted by atomic mass is 32.2. The summed E-state index contributed by atoms with van der Waals surface area (Å²) >= 11 is 0. The maximum atomic E-state index is 11.4. The third-order valence-electron chi connectivity index (χ3n) is 2.05. The van der Waals surface area contributed by atoms with Crippen LogP contribution in [0.3, 0.4) is 0 Å². The van der Waals surface area contributed by atoms with Gasteiger partial charge in [-0.2, -0.15) is 8.42 Å². The Balaban J connectivity index is 4.43. The molecule has 0 rings (SSSR count). The minimum absolute atomic E-state index is 0.105. The van der Waals surface area contributed by atoms with Crippen molar-refractivity contribution >= 4 is 28.0 Å². The number of rotatable bonds is 7. The maximum absolute atomic E-state index is 11.4. The van der Waals surface area contributed by atoms with E-state index >= 15 is 0 Å². The molecule has 0 heterocycles. The molecule has 0 aliphatic rings. The molecule has 0 unspecified atom stereocenters. The number of Topliss-reactive ketones (excluding diaryl/α,β-unsaturated/α-hetero) is 1. The van der Waals surface area contributed by atoms with Gasteiger partial charge in [-0.05, 0) is 6.92 Å². The van der Waals surface area contributed by atoms with Crippen molar-refractivity contribution < 1.29 is 27.5 Å². The van der Waals surface area contributed by atoms with Crippen LogP contribution in [-0.2, 0) is 24.5 Å². The first kappa shape index (κ1) is 17.3. The highest BCUT2D eigenvalue weighted by Crippen LogP contribution is 2.05. The summed E-state index contributed by atoms with van der Waals surface area (Å²) in [5.41, 5.74) is 0. The number of carbonyl (C=O) groups is 3. The zero-order chi connectivity index (χ0) is 15.1. The third kappa shape index (κ3) is 7.36. The molecule has 3 N–H and O–H groups in total. The zero-order valence-corrected chi connectivity index (χ0v) is 11.7. The number of ketones is 1. The van der Waals surface area contributed by atoms with Crippen LogP contribution >= 0.6 is 0 Å². The molecule has 0 aromatic carbocycles. The molecule has 0 spiro atoms. The van der Waals surface area contributed by atoms with Crippen LogP contribution in [0.4, 0.5) is 4.79 Å². The smallest absolute Gasteiger partial charge is 0.421 e. The molecule has 0 aromatic rings. The Bertz CT molecular complexity index is 447. The molecule has 9 nitrogen and oxygen atoms in total. The van der Waals surface area contributed by atoms with Gasteiger partial charge in [-0.3, -0.25) is 4.79 Å². The van der Waals surface area contributed by atoms with Crippen molar-refractivity contribution in [3.05, 3.63) is 0 Å². The van der Waals surface area contributed by atoms with Crippen molar-refractivity contribution in [3.63, 3.8) is 0 Å². The predicted molar refractivity (Wildman–Crippen MR) is 65.3 cm³/mol. The molecule has 0 saturated heterocycles. The molecular formula is C9H17N3O6S. The first-order valence-electron chi connectivity index (χ1n) is 5.31. The molecule has 110 valence electrons. The van der Waals surface area contributed by atoms with Gasteiger partial charge in [0.1, 0.15) is 12.4 Å². The number of nitrogens with one attached hydrogen (secondary N) is 3. The van der Waals surface area contributed by atoms with Gasteiger partial charge < -0.3 is 14.8 Å². The van der Waals surface area contributed by atoms with Gasteiger partial charge in [-0.25, -0.2) is 14.2 Å². The van der Waals surface area contributed by atoms with Crippen molar-refractivity contribution in [2.45, 2.75) is 13.3 Å². The van der Waals surface area contributed by atoms with Crippen LogP contribution in [0.1, 0.15) is 13.3 Å². The molecule has 2 amide bonds. The number of hydrogen-bond donors (Lipinski definition) is 3. The summed E-state index contributed by atoms with van der Waals surface area (Å²) in [5.74, 6) is -1.58. The van der Waals surface area contributed by atoms with Crippen molar-refractivity contribution in [2.75, 3.05) is 20.7 Å². The second kappa shape index (κ2) is 7.69. The average Bonchev–Trinajstić information content (AvgIpc) is 2.32. The Hall–Kier alpha value is -1.68. The van der Waals surface area contributed by atoms with Crippen molar-refractivity contribution in [2.24, 2.45) is 5.92 Å². The van der Waals surface area contributed by atoms with Crippen LogP contribution in [0.5, 0.6) is 0 Å². The highest BCUT2D eigenvalue weighted by Gasteiger charge is 2.22. The number of hydrogen-bond acceptors (Lipinski definition) is 6. The van der Waals surface area contributed by atoms with Crippen LogP contribution in [0.25, 0.3) is 0 Å². The first-order chi connectivity index (χ1) is 8.71. The van der Waals surface area contributed by atoms with Gasteiger partial charge in [-0.15, -0.1) is 0 Å². The van der Waals surface area contributed by atoms with E-state index in [2.05, 4.69) is 10.1 Å². The fourth-order valence-electron chi connectivity index (χ4n) is 1.14. The van der Waals surface area contributed by atoms with Crippen molar-refractivity contribution in [3.8, 4) is 0 Å². The fourth-order valence-corrected chi connectivity index (χ4v) is 1.53. The first-order valence-corrected chi connectivity index (χ1v) is 6.79. The van der Waals surface area contributed by atoms with Gasteiger partial charge in [0.15, 0.2) is 0 Å². The lowest BCUT2D eigenvalue weighted by Gasteiger charge is -2.14. The summed E-state index contributed by atoms with van der Waals surface area (Å²) in [6, 6.07) is 0. The normalized spacial score (nSPS) is 12.4. The second-order valence-electron chi connectivity index (χ2n) is 3.63. The topological polar surface area (TPSA) is 131 Å². The van der Waals surface area contributed by atoms with Crippen molar-refractivity contribution in [1.29, 1.82) is 0 Å². The Kier molecular flexibility index (Phi) is 7.01. The Morgan fingerprint density at radius 1 is 1.21 bits per heavy atom. The van der Waals surface area contributed by atoms with Gasteiger partial charge in [0.2, 0.25) is 5.91 Å². The molecule has 0 saturated carbocycles. The number of amides is 2. The molecule has 0 bridgehead atoms. The van der Waals surface area contributed by atoms with E-state index in [0.29, 0.717) is 0 Å². The maximum Gasteiger partial charge on any atom is 0.421 e. The number of ether oxygens (including phenoxy) is 1. The minimum Gasteiger partial charge on any atom is -0.448 e. The molecule has 0 aliphatic carbocycles. The van der Waals surface area contributed by atoms with Gasteiger partial charge in [0.05, 0.1) is 5.92 Å². The standard InChI is InChI=1S/C9H17N3O6S/c1-6(13)4-7(8(14)10-2)5-18-9(15)12-19(16,17)11-3/h7,11H,4-5H2,1-3H3,(H,10,14)(H,12,15)/t7-/m1/s1. The Labute approximate surface area is 111 Å². The summed E-state index contributed by atoms with van der Waals surface area (Å²) in [5, 5.41) is 2.32. The van der Waals surface area contributed by atoms with E-state index in [1.54, 1.807) is 4.72 Å². The Morgan fingerprint density at radius 3 is 2.21 bits per heavy atom. The van der Waals surface area contributed by atoms with E-state index in [4.69, 9.17) is 0 Å². The predicted octanol–water partition coefficient (Wildman–Crippen LogP) is -1.48. The third-order valence-corrected chi connectivity index (χ3v) is 3.03. The van der Waals surface area contributed by atoms with E-state index < -0.39 is 34.7 Å². The van der Waals surface area contributed by atoms with Crippen molar-refractivity contribution in [1.82, 2.24) is 14.8 Å². The summed E-state index contributed by atoms with van der Waals surface area (Å²) in [7, 11) is -1.47. The average molecular weight is 295 g/mol. The van der Waals surface area contributed by atoms with E-state index in [1.165, 1.54) is 14.0 Å². The molecule has 19 heavy (non-hydrogen) atoms. The van der Waals surface area contributed by atoms with Gasteiger partial charge in [0.25, 0.3) is 0 Å². The molecule has 0 aromatic heterocycles. The van der Waals surface area contributed by atoms with Gasteiger partial charge >= 0.3 is 16.3 Å². The van der Waals surface area contributed by atoms with E-state index in [-0.39, 0.29) is 12.2 Å². The Morgan fingerprint density at radius 2 is 1.79 bits per heavy atom. The van der Waals surface area contributed by atoms with Crippen LogP contribution < -0.4 is 14.8 Å². The molecule has 1 atom stereocenters. The number of carbonyl (C=O) groups excluding carboxylic acids is 3. The molecule has 0 fully saturated rings. The van der Waals surface area contributed by atoms with Gasteiger partial charge in [-0.1, -0.05) is 0 Å². The summed E-state index contributed by atoms with van der Waals surface area (Å²) in [6.45, 7) is 0.895. The second-order valence-corrected chi connectivity index (χ2v) is 5.24. The van der Waals surface area contributed by atoms with Crippen LogP contribution in [0, 0.1) is 5.92 Å². The quantitative estimate of drug-likeness (QED) is 0.525. The van der Waals surface area contributed by atoms with Crippen LogP contribution in [0.2, 0.25) is 0 Å². The summed E-state index contributed by atoms with van der Waals surface area (Å²) in [4.78, 5) is 33.5. The lowest BCUT2D eigenvalue weighted by atomic mass is 10.0. The SMILES string of the molecule is CNC(=O)[C@@H](COC(=O)NS(=O)(=O)NC)CC(C)=O. The zero-order valence-electron chi connectivity index (χ0n) is 10.8. The molecule has 0 radical (unpaired) electrons. The summed E-state index contributed by atoms with van der Waals surface area (Å²) < 4.78 is 29.9. The molecule has 0 aliphatic heterocycles. The molecular weight excluding hydrogens is 278 g/mol. The lowest BCUT2D eigenvalue weighted by Crippen LogP contribution is -2.40. The van der Waals surface area contributed by atoms with E-state index in [1.807, 2.05) is 4.72 Å². The summed E-state index contributed by atoms with van der Waals surface area (Å²) in [6.07, 6.45) is -1.34. The van der Waals surface area contributed by atoms with Gasteiger partial charge in [0, 0.05) is 20.5 Å². The van der Waals surface area contributed by atoms with E-state index in [9.17, 15) is 22.8 Å². The fraction of sp³-hybridized carbons (Fsp3) is 0.667. The highest BCUT2D eigenvalue weighted by molar-refractivity contribution is 7.88. The van der Waals surface area contributed by atoms with Crippen LogP contribution in [0.15, 0.2) is 0 Å². The lowest BCUT2D eigenvalue weighted by molar-refractivity contribution is -0.129.